The van der Waals surface area contributed by atoms with Crippen LogP contribution in [0.4, 0.5) is 0 Å². The van der Waals surface area contributed by atoms with E-state index in [0.717, 1.165) is 31.2 Å². The van der Waals surface area contributed by atoms with Crippen LogP contribution in [0, 0.1) is 11.8 Å². The topological polar surface area (TPSA) is 75.6 Å². The molecule has 0 unspecified atom stereocenters. The van der Waals surface area contributed by atoms with Gasteiger partial charge in [-0.15, -0.1) is 0 Å². The third kappa shape index (κ3) is 10.3. The largest absolute Gasteiger partial charge is 0.411 e. The Kier molecular flexibility index (Phi) is 15.1. The molecule has 10 heteroatoms. The van der Waals surface area contributed by atoms with Crippen LogP contribution in [-0.2, 0) is 27.8 Å². The molecule has 3 aliphatic heterocycles. The Bertz CT molecular complexity index is 1660. The molecule has 0 bridgehead atoms. The Morgan fingerprint density at radius 2 is 1.38 bits per heavy atom. The molecule has 3 aromatic carbocycles. The minimum Gasteiger partial charge on any atom is -0.411 e. The molecule has 7 nitrogen and oxygen atoms in total. The summed E-state index contributed by atoms with van der Waals surface area (Å²) in [6, 6.07) is 31.8. The maximum atomic E-state index is 12.0. The monoisotopic (exact) mass is 894 g/mol. The molecule has 3 aliphatic rings. The summed E-state index contributed by atoms with van der Waals surface area (Å²) < 4.78 is 41.0. The summed E-state index contributed by atoms with van der Waals surface area (Å²) >= 11 is 3.96. The third-order valence-electron chi connectivity index (χ3n) is 13.5. The van der Waals surface area contributed by atoms with Crippen LogP contribution in [0.3, 0.4) is 0 Å². The van der Waals surface area contributed by atoms with Gasteiger partial charge in [0.25, 0.3) is 8.32 Å². The SMILES string of the molecule is C[C@@H]1C[C@@H]([C@@H](Br)[C@@H](O)C[C@H]2O[C@H]3CO[C@H](c4ccccc4)O[C@@H]3CC[C@@H]2O[Si](C)(C)C(C)(C)C)O[C@@H]1[C@@H](C)CCO[Si](c1ccccc1)(c1ccccc1)C(C)(C)C. The van der Waals surface area contributed by atoms with Crippen LogP contribution in [0.5, 0.6) is 0 Å². The van der Waals surface area contributed by atoms with Crippen LogP contribution in [0.15, 0.2) is 91.0 Å². The minimum absolute atomic E-state index is 0.0370. The first-order valence-corrected chi connectivity index (χ1v) is 27.5. The van der Waals surface area contributed by atoms with Crippen molar-refractivity contribution in [3.05, 3.63) is 96.6 Å². The smallest absolute Gasteiger partial charge is 0.261 e. The average Bonchev–Trinajstić information content (AvgIpc) is 3.51. The molecule has 0 radical (unpaired) electrons. The normalized spacial score (nSPS) is 29.0. The highest BCUT2D eigenvalue weighted by molar-refractivity contribution is 9.09. The molecule has 3 saturated heterocycles. The van der Waals surface area contributed by atoms with Crippen molar-refractivity contribution in [1.29, 1.82) is 0 Å². The van der Waals surface area contributed by atoms with Crippen molar-refractivity contribution in [1.82, 2.24) is 0 Å². The molecule has 0 saturated carbocycles. The van der Waals surface area contributed by atoms with E-state index < -0.39 is 29.0 Å². The Balaban J connectivity index is 1.11. The number of ether oxygens (including phenoxy) is 4. The van der Waals surface area contributed by atoms with E-state index in [1.165, 1.54) is 10.4 Å². The number of alkyl halides is 1. The molecule has 3 aromatic rings. The van der Waals surface area contributed by atoms with Gasteiger partial charge in [-0.3, -0.25) is 0 Å². The first kappa shape index (κ1) is 45.8. The highest BCUT2D eigenvalue weighted by Crippen LogP contribution is 2.43. The van der Waals surface area contributed by atoms with Crippen LogP contribution < -0.4 is 10.4 Å². The van der Waals surface area contributed by atoms with Crippen molar-refractivity contribution >= 4 is 42.9 Å². The van der Waals surface area contributed by atoms with Crippen molar-refractivity contribution in [3.8, 4) is 0 Å². The van der Waals surface area contributed by atoms with E-state index in [4.69, 9.17) is 27.8 Å². The van der Waals surface area contributed by atoms with E-state index in [9.17, 15) is 5.11 Å². The lowest BCUT2D eigenvalue weighted by Gasteiger charge is -2.43. The summed E-state index contributed by atoms with van der Waals surface area (Å²) in [7, 11) is -4.78. The zero-order chi connectivity index (χ0) is 41.9. The number of hydrogen-bond donors (Lipinski definition) is 1. The van der Waals surface area contributed by atoms with Crippen molar-refractivity contribution in [3.63, 3.8) is 0 Å². The van der Waals surface area contributed by atoms with Gasteiger partial charge in [-0.25, -0.2) is 0 Å². The molecule has 320 valence electrons. The van der Waals surface area contributed by atoms with Gasteiger partial charge in [-0.2, -0.15) is 0 Å². The second-order valence-corrected chi connectivity index (χ2v) is 30.0. The Labute approximate surface area is 360 Å². The van der Waals surface area contributed by atoms with Crippen molar-refractivity contribution < 1.29 is 32.9 Å². The molecule has 0 aromatic heterocycles. The number of fused-ring (bicyclic) bond motifs is 1. The van der Waals surface area contributed by atoms with Gasteiger partial charge >= 0.3 is 0 Å². The van der Waals surface area contributed by atoms with Crippen molar-refractivity contribution in [2.75, 3.05) is 13.2 Å². The standard InChI is InChI=1S/C48H71BrO7Si2/c1-33(28-29-52-58(48(6,7)8,36-22-16-12-17-23-36)37-24-18-13-19-25-37)45-34(2)30-42(54-45)44(49)38(50)31-41-40(56-57(9,10)47(3,4)5)27-26-39-43(53-41)32-51-46(55-39)35-20-14-11-15-21-35/h11-25,33-34,38-46,50H,26-32H2,1-10H3/t33-,34+,38-,39+,40-,41+,42-,43-,44-,45+,46-/m0/s1. The zero-order valence-corrected chi connectivity index (χ0v) is 40.3. The van der Waals surface area contributed by atoms with Gasteiger partial charge in [-0.05, 0) is 71.1 Å². The first-order valence-electron chi connectivity index (χ1n) is 21.8. The molecule has 11 atom stereocenters. The quantitative estimate of drug-likeness (QED) is 0.128. The van der Waals surface area contributed by atoms with Gasteiger partial charge in [0.05, 0.1) is 48.1 Å². The van der Waals surface area contributed by atoms with E-state index in [-0.39, 0.29) is 57.4 Å². The average molecular weight is 896 g/mol. The summed E-state index contributed by atoms with van der Waals surface area (Å²) in [6.45, 7) is 24.1. The lowest BCUT2D eigenvalue weighted by Crippen LogP contribution is -2.66. The molecule has 6 rings (SSSR count). The number of aliphatic hydroxyl groups is 1. The number of benzene rings is 3. The highest BCUT2D eigenvalue weighted by atomic mass is 79.9. The molecule has 0 amide bonds. The Hall–Kier alpha value is -1.71. The molecule has 1 N–H and O–H groups in total. The zero-order valence-electron chi connectivity index (χ0n) is 36.7. The number of halogens is 1. The fraction of sp³-hybridized carbons (Fsp3) is 0.625. The fourth-order valence-electron chi connectivity index (χ4n) is 9.20. The van der Waals surface area contributed by atoms with Crippen LogP contribution in [0.1, 0.15) is 99.3 Å². The van der Waals surface area contributed by atoms with Gasteiger partial charge in [0.2, 0.25) is 0 Å². The number of aliphatic hydroxyl groups excluding tert-OH is 1. The Morgan fingerprint density at radius 1 is 0.793 bits per heavy atom. The van der Waals surface area contributed by atoms with Crippen LogP contribution in [0.25, 0.3) is 0 Å². The highest BCUT2D eigenvalue weighted by Gasteiger charge is 2.51. The first-order chi connectivity index (χ1) is 27.4. The predicted octanol–water partition coefficient (Wildman–Crippen LogP) is 9.95. The van der Waals surface area contributed by atoms with Crippen LogP contribution >= 0.6 is 15.9 Å². The van der Waals surface area contributed by atoms with Gasteiger partial charge in [0.1, 0.15) is 6.10 Å². The molecular weight excluding hydrogens is 825 g/mol. The van der Waals surface area contributed by atoms with Crippen molar-refractivity contribution in [2.24, 2.45) is 11.8 Å². The summed E-state index contributed by atoms with van der Waals surface area (Å²) in [5.74, 6) is 0.629. The molecular formula is C48H71BrO7Si2. The van der Waals surface area contributed by atoms with E-state index >= 15 is 0 Å². The predicted molar refractivity (Wildman–Crippen MR) is 243 cm³/mol. The van der Waals surface area contributed by atoms with E-state index in [1.807, 2.05) is 30.3 Å². The molecule has 0 aliphatic carbocycles. The molecule has 3 heterocycles. The van der Waals surface area contributed by atoms with Gasteiger partial charge in [0.15, 0.2) is 14.6 Å². The lowest BCUT2D eigenvalue weighted by molar-refractivity contribution is -0.271. The maximum Gasteiger partial charge on any atom is 0.261 e. The second-order valence-electron chi connectivity index (χ2n) is 19.8. The summed E-state index contributed by atoms with van der Waals surface area (Å²) in [5.41, 5.74) is 1.01. The molecule has 58 heavy (non-hydrogen) atoms. The maximum absolute atomic E-state index is 12.0. The number of rotatable bonds is 14. The minimum atomic E-state index is -2.62. The van der Waals surface area contributed by atoms with E-state index in [0.29, 0.717) is 25.6 Å². The fourth-order valence-corrected chi connectivity index (χ4v) is 15.7. The van der Waals surface area contributed by atoms with E-state index in [1.54, 1.807) is 0 Å². The summed E-state index contributed by atoms with van der Waals surface area (Å²) in [5, 5.41) is 14.6. The molecule has 3 fully saturated rings. The molecule has 0 spiro atoms. The number of hydrogen-bond acceptors (Lipinski definition) is 7. The van der Waals surface area contributed by atoms with Crippen molar-refractivity contribution in [2.45, 2.75) is 165 Å². The van der Waals surface area contributed by atoms with Crippen LogP contribution in [-0.4, -0.2) is 82.5 Å². The van der Waals surface area contributed by atoms with Gasteiger partial charge in [-0.1, -0.05) is 162 Å². The summed E-state index contributed by atoms with van der Waals surface area (Å²) in [4.78, 5) is -0.252. The lowest BCUT2D eigenvalue weighted by atomic mass is 9.90. The van der Waals surface area contributed by atoms with Gasteiger partial charge in [0, 0.05) is 18.6 Å². The van der Waals surface area contributed by atoms with Gasteiger partial charge < -0.3 is 32.9 Å². The third-order valence-corrected chi connectivity index (χ3v) is 24.3. The van der Waals surface area contributed by atoms with Crippen LogP contribution in [0.2, 0.25) is 23.2 Å². The van der Waals surface area contributed by atoms with E-state index in [2.05, 4.69) is 145 Å². The summed E-state index contributed by atoms with van der Waals surface area (Å²) in [6.07, 6.45) is 1.81. The Morgan fingerprint density at radius 3 is 1.95 bits per heavy atom. The second kappa shape index (κ2) is 19.1.